The van der Waals surface area contributed by atoms with Crippen molar-refractivity contribution in [3.8, 4) is 17.2 Å². The molecule has 1 unspecified atom stereocenters. The Kier molecular flexibility index (Phi) is 6.91. The zero-order chi connectivity index (χ0) is 19.5. The third-order valence-corrected chi connectivity index (χ3v) is 5.53. The summed E-state index contributed by atoms with van der Waals surface area (Å²) in [5.41, 5.74) is 4.05. The second-order valence-electron chi connectivity index (χ2n) is 6.98. The molecule has 3 aromatic carbocycles. The molecular weight excluding hydrogens is 409 g/mol. The molecule has 0 saturated carbocycles. The molecule has 1 atom stereocenters. The van der Waals surface area contributed by atoms with Crippen molar-refractivity contribution in [3.63, 3.8) is 0 Å². The van der Waals surface area contributed by atoms with E-state index in [9.17, 15) is 10.2 Å². The number of rotatable bonds is 4. The van der Waals surface area contributed by atoms with E-state index >= 15 is 0 Å². The Labute approximate surface area is 181 Å². The molecule has 0 aromatic heterocycles. The molecule has 0 bridgehead atoms. The largest absolute Gasteiger partial charge is 0.508 e. The van der Waals surface area contributed by atoms with Gasteiger partial charge in [0.15, 0.2) is 11.5 Å². The summed E-state index contributed by atoms with van der Waals surface area (Å²) < 4.78 is 5.88. The van der Waals surface area contributed by atoms with Crippen LogP contribution in [0.5, 0.6) is 17.2 Å². The quantitative estimate of drug-likeness (QED) is 0.541. The van der Waals surface area contributed by atoms with Gasteiger partial charge in [0.25, 0.3) is 0 Å². The maximum Gasteiger partial charge on any atom is 0.180 e. The van der Waals surface area contributed by atoms with Gasteiger partial charge >= 0.3 is 0 Å². The van der Waals surface area contributed by atoms with Gasteiger partial charge in [-0.25, -0.2) is 0 Å². The van der Waals surface area contributed by atoms with Gasteiger partial charge in [-0.15, -0.1) is 12.4 Å². The number of fused-ring (bicyclic) bond motifs is 1. The number of hydrogen-bond donors (Lipinski definition) is 3. The maximum atomic E-state index is 10.7. The topological polar surface area (TPSA) is 61.7 Å². The van der Waals surface area contributed by atoms with Crippen molar-refractivity contribution in [2.24, 2.45) is 0 Å². The Hall–Kier alpha value is -2.40. The minimum Gasteiger partial charge on any atom is -0.508 e. The summed E-state index contributed by atoms with van der Waals surface area (Å²) in [7, 11) is 0. The van der Waals surface area contributed by atoms with Crippen LogP contribution in [0.3, 0.4) is 0 Å². The highest BCUT2D eigenvalue weighted by Gasteiger charge is 2.26. The van der Waals surface area contributed by atoms with Crippen molar-refractivity contribution < 1.29 is 14.9 Å². The second-order valence-corrected chi connectivity index (χ2v) is 7.36. The standard InChI is InChI=1S/C23H22ClNO3.ClH/c24-22-18-10-11-25-13-20(16-6-8-17(26)9-7-16)19(18)12-21(27)23(22)28-14-15-4-2-1-3-5-15;/h1-9,12,20,25-27H,10-11,13-14H2;1H. The van der Waals surface area contributed by atoms with E-state index in [0.29, 0.717) is 17.4 Å². The molecule has 0 saturated heterocycles. The number of aromatic hydroxyl groups is 2. The molecule has 0 amide bonds. The smallest absolute Gasteiger partial charge is 0.180 e. The van der Waals surface area contributed by atoms with Crippen molar-refractivity contribution in [1.82, 2.24) is 5.32 Å². The van der Waals surface area contributed by atoms with E-state index in [-0.39, 0.29) is 29.8 Å². The molecule has 4 nitrogen and oxygen atoms in total. The van der Waals surface area contributed by atoms with E-state index in [1.165, 1.54) is 0 Å². The van der Waals surface area contributed by atoms with E-state index in [4.69, 9.17) is 16.3 Å². The Bertz CT molecular complexity index is 962. The second kappa shape index (κ2) is 9.40. The Morgan fingerprint density at radius 2 is 1.76 bits per heavy atom. The van der Waals surface area contributed by atoms with Crippen LogP contribution in [-0.4, -0.2) is 23.3 Å². The van der Waals surface area contributed by atoms with Crippen LogP contribution in [0.4, 0.5) is 0 Å². The van der Waals surface area contributed by atoms with Gasteiger partial charge in [-0.3, -0.25) is 0 Å². The van der Waals surface area contributed by atoms with E-state index in [2.05, 4.69) is 5.32 Å². The van der Waals surface area contributed by atoms with Gasteiger partial charge in [0.1, 0.15) is 12.4 Å². The normalized spacial score (nSPS) is 15.7. The van der Waals surface area contributed by atoms with E-state index in [1.54, 1.807) is 18.2 Å². The highest BCUT2D eigenvalue weighted by molar-refractivity contribution is 6.33. The zero-order valence-corrected chi connectivity index (χ0v) is 17.3. The van der Waals surface area contributed by atoms with Crippen molar-refractivity contribution in [3.05, 3.63) is 87.9 Å². The van der Waals surface area contributed by atoms with Gasteiger partial charge in [0.2, 0.25) is 0 Å². The number of hydrogen-bond acceptors (Lipinski definition) is 4. The molecule has 1 heterocycles. The minimum atomic E-state index is 0. The lowest BCUT2D eigenvalue weighted by atomic mass is 9.87. The van der Waals surface area contributed by atoms with Crippen molar-refractivity contribution >= 4 is 24.0 Å². The fourth-order valence-corrected chi connectivity index (χ4v) is 4.04. The first-order chi connectivity index (χ1) is 13.6. The number of phenols is 2. The molecule has 0 spiro atoms. The first-order valence-corrected chi connectivity index (χ1v) is 9.72. The molecule has 3 N–H and O–H groups in total. The molecule has 4 rings (SSSR count). The summed E-state index contributed by atoms with van der Waals surface area (Å²) in [6, 6.07) is 18.7. The minimum absolute atomic E-state index is 0. The fraction of sp³-hybridized carbons (Fsp3) is 0.217. The summed E-state index contributed by atoms with van der Waals surface area (Å²) in [5, 5.41) is 24.2. The Morgan fingerprint density at radius 3 is 2.48 bits per heavy atom. The van der Waals surface area contributed by atoms with Crippen LogP contribution in [-0.2, 0) is 13.0 Å². The number of ether oxygens (including phenoxy) is 1. The summed E-state index contributed by atoms with van der Waals surface area (Å²) in [4.78, 5) is 0. The molecule has 0 radical (unpaired) electrons. The number of benzene rings is 3. The number of phenolic OH excluding ortho intramolecular Hbond substituents is 2. The van der Waals surface area contributed by atoms with Crippen LogP contribution in [0.15, 0.2) is 60.7 Å². The summed E-state index contributed by atoms with van der Waals surface area (Å²) in [6.45, 7) is 1.87. The van der Waals surface area contributed by atoms with Crippen LogP contribution in [0.2, 0.25) is 5.02 Å². The Balaban J connectivity index is 0.00000240. The van der Waals surface area contributed by atoms with Crippen molar-refractivity contribution in [2.75, 3.05) is 13.1 Å². The SMILES string of the molecule is Cl.Oc1ccc(C2CNCCc3c2cc(O)c(OCc2ccccc2)c3Cl)cc1. The van der Waals surface area contributed by atoms with Gasteiger partial charge in [-0.05, 0) is 53.4 Å². The van der Waals surface area contributed by atoms with E-state index in [0.717, 1.165) is 41.8 Å². The summed E-state index contributed by atoms with van der Waals surface area (Å²) in [6.07, 6.45) is 0.755. The van der Waals surface area contributed by atoms with Gasteiger partial charge in [-0.2, -0.15) is 0 Å². The van der Waals surface area contributed by atoms with Gasteiger partial charge in [0, 0.05) is 12.5 Å². The van der Waals surface area contributed by atoms with Crippen LogP contribution >= 0.6 is 24.0 Å². The lowest BCUT2D eigenvalue weighted by Gasteiger charge is -2.21. The first kappa shape index (κ1) is 21.3. The molecule has 6 heteroatoms. The zero-order valence-electron chi connectivity index (χ0n) is 15.8. The molecular formula is C23H23Cl2NO3. The number of halogens is 2. The lowest BCUT2D eigenvalue weighted by Crippen LogP contribution is -2.20. The van der Waals surface area contributed by atoms with Gasteiger partial charge in [-0.1, -0.05) is 54.1 Å². The monoisotopic (exact) mass is 431 g/mol. The maximum absolute atomic E-state index is 10.7. The molecule has 152 valence electrons. The molecule has 1 aliphatic heterocycles. The average Bonchev–Trinajstić information content (AvgIpc) is 2.92. The summed E-state index contributed by atoms with van der Waals surface area (Å²) >= 11 is 6.70. The van der Waals surface area contributed by atoms with E-state index < -0.39 is 0 Å². The average molecular weight is 432 g/mol. The van der Waals surface area contributed by atoms with Crippen molar-refractivity contribution in [1.29, 1.82) is 0 Å². The summed E-state index contributed by atoms with van der Waals surface area (Å²) in [5.74, 6) is 0.641. The fourth-order valence-electron chi connectivity index (χ4n) is 3.68. The first-order valence-electron chi connectivity index (χ1n) is 9.34. The molecule has 1 aliphatic rings. The molecule has 29 heavy (non-hydrogen) atoms. The van der Waals surface area contributed by atoms with Crippen LogP contribution in [0.25, 0.3) is 0 Å². The molecule has 3 aromatic rings. The Morgan fingerprint density at radius 1 is 1.03 bits per heavy atom. The van der Waals surface area contributed by atoms with Crippen LogP contribution in [0.1, 0.15) is 28.2 Å². The molecule has 0 fully saturated rings. The van der Waals surface area contributed by atoms with E-state index in [1.807, 2.05) is 42.5 Å². The number of nitrogens with one attached hydrogen (secondary N) is 1. The highest BCUT2D eigenvalue weighted by atomic mass is 35.5. The van der Waals surface area contributed by atoms with Crippen LogP contribution in [0, 0.1) is 0 Å². The third kappa shape index (κ3) is 4.61. The predicted molar refractivity (Wildman–Crippen MR) is 118 cm³/mol. The lowest BCUT2D eigenvalue weighted by molar-refractivity contribution is 0.288. The van der Waals surface area contributed by atoms with Gasteiger partial charge in [0.05, 0.1) is 5.02 Å². The van der Waals surface area contributed by atoms with Gasteiger partial charge < -0.3 is 20.3 Å². The van der Waals surface area contributed by atoms with Crippen LogP contribution < -0.4 is 10.1 Å². The molecule has 0 aliphatic carbocycles. The van der Waals surface area contributed by atoms with Crippen molar-refractivity contribution in [2.45, 2.75) is 18.9 Å². The third-order valence-electron chi connectivity index (χ3n) is 5.13. The highest BCUT2D eigenvalue weighted by Crippen LogP contribution is 2.44. The predicted octanol–water partition coefficient (Wildman–Crippen LogP) is 5.03.